The standard InChI is InChI=1S/C12H9F3O3/c1-18-11(17)5-3-8-2-4-10(12(13,14)15)6-9(8)7-16/h2-7H,1H3. The lowest BCUT2D eigenvalue weighted by Crippen LogP contribution is -2.06. The zero-order chi connectivity index (χ0) is 13.8. The van der Waals surface area contributed by atoms with Crippen LogP contribution in [-0.2, 0) is 15.7 Å². The summed E-state index contributed by atoms with van der Waals surface area (Å²) in [5.74, 6) is -0.660. The molecule has 0 aliphatic heterocycles. The number of hydrogen-bond acceptors (Lipinski definition) is 3. The molecule has 0 spiro atoms. The smallest absolute Gasteiger partial charge is 0.416 e. The Kier molecular flexibility index (Phi) is 4.25. The Morgan fingerprint density at radius 1 is 1.28 bits per heavy atom. The second-order valence-electron chi connectivity index (χ2n) is 3.32. The van der Waals surface area contributed by atoms with Crippen molar-refractivity contribution in [1.29, 1.82) is 0 Å². The van der Waals surface area contributed by atoms with Gasteiger partial charge in [0, 0.05) is 11.6 Å². The number of benzene rings is 1. The van der Waals surface area contributed by atoms with E-state index in [1.54, 1.807) is 0 Å². The van der Waals surface area contributed by atoms with E-state index in [2.05, 4.69) is 4.74 Å². The number of halogens is 3. The average Bonchev–Trinajstić information content (AvgIpc) is 2.34. The number of hydrogen-bond donors (Lipinski definition) is 0. The normalized spacial score (nSPS) is 11.6. The van der Waals surface area contributed by atoms with Gasteiger partial charge >= 0.3 is 12.1 Å². The first-order chi connectivity index (χ1) is 8.38. The Morgan fingerprint density at radius 3 is 2.44 bits per heavy atom. The molecule has 0 aliphatic rings. The average molecular weight is 258 g/mol. The maximum Gasteiger partial charge on any atom is 0.416 e. The Bertz CT molecular complexity index is 490. The Morgan fingerprint density at radius 2 is 1.94 bits per heavy atom. The largest absolute Gasteiger partial charge is 0.466 e. The summed E-state index contributed by atoms with van der Waals surface area (Å²) >= 11 is 0. The number of esters is 1. The third-order valence-corrected chi connectivity index (χ3v) is 2.14. The van der Waals surface area contributed by atoms with Crippen LogP contribution < -0.4 is 0 Å². The number of carbonyl (C=O) groups excluding carboxylic acids is 2. The highest BCUT2D eigenvalue weighted by Gasteiger charge is 2.30. The first-order valence-electron chi connectivity index (χ1n) is 4.81. The fraction of sp³-hybridized carbons (Fsp3) is 0.167. The molecule has 0 saturated heterocycles. The minimum Gasteiger partial charge on any atom is -0.466 e. The molecular weight excluding hydrogens is 249 g/mol. The van der Waals surface area contributed by atoms with Gasteiger partial charge in [0.05, 0.1) is 12.7 Å². The fourth-order valence-corrected chi connectivity index (χ4v) is 1.23. The van der Waals surface area contributed by atoms with Gasteiger partial charge < -0.3 is 4.74 Å². The third kappa shape index (κ3) is 3.44. The minimum atomic E-state index is -4.51. The Balaban J connectivity index is 3.12. The van der Waals surface area contributed by atoms with Crippen molar-refractivity contribution in [2.45, 2.75) is 6.18 Å². The van der Waals surface area contributed by atoms with Crippen molar-refractivity contribution in [1.82, 2.24) is 0 Å². The first kappa shape index (κ1) is 14.0. The summed E-state index contributed by atoms with van der Waals surface area (Å²) in [6, 6.07) is 2.68. The van der Waals surface area contributed by atoms with Crippen molar-refractivity contribution in [2.75, 3.05) is 7.11 Å². The van der Waals surface area contributed by atoms with E-state index >= 15 is 0 Å². The molecule has 96 valence electrons. The van der Waals surface area contributed by atoms with Gasteiger partial charge in [-0.25, -0.2) is 4.79 Å². The van der Waals surface area contributed by atoms with Crippen LogP contribution in [0.5, 0.6) is 0 Å². The Labute approximate surface area is 101 Å². The number of rotatable bonds is 3. The van der Waals surface area contributed by atoms with Crippen molar-refractivity contribution in [3.8, 4) is 0 Å². The highest BCUT2D eigenvalue weighted by Crippen LogP contribution is 2.30. The second kappa shape index (κ2) is 5.48. The molecule has 6 heteroatoms. The van der Waals surface area contributed by atoms with Crippen molar-refractivity contribution in [2.24, 2.45) is 0 Å². The molecule has 3 nitrogen and oxygen atoms in total. The molecule has 0 aromatic heterocycles. The SMILES string of the molecule is COC(=O)C=Cc1ccc(C(F)(F)F)cc1C=O. The summed E-state index contributed by atoms with van der Waals surface area (Å²) in [5, 5.41) is 0. The Hall–Kier alpha value is -2.11. The van der Waals surface area contributed by atoms with Gasteiger partial charge in [-0.15, -0.1) is 0 Å². The van der Waals surface area contributed by atoms with Crippen LogP contribution in [0.4, 0.5) is 13.2 Å². The highest BCUT2D eigenvalue weighted by atomic mass is 19.4. The minimum absolute atomic E-state index is 0.148. The summed E-state index contributed by atoms with van der Waals surface area (Å²) in [5.41, 5.74) is -0.854. The predicted molar refractivity (Wildman–Crippen MR) is 57.9 cm³/mol. The molecule has 0 unspecified atom stereocenters. The number of methoxy groups -OCH3 is 1. The van der Waals surface area contributed by atoms with E-state index in [4.69, 9.17) is 0 Å². The lowest BCUT2D eigenvalue weighted by atomic mass is 10.0. The van der Waals surface area contributed by atoms with Crippen molar-refractivity contribution in [3.05, 3.63) is 41.0 Å². The maximum absolute atomic E-state index is 12.4. The van der Waals surface area contributed by atoms with E-state index in [1.807, 2.05) is 0 Å². The molecule has 0 fully saturated rings. The van der Waals surface area contributed by atoms with Gasteiger partial charge in [0.15, 0.2) is 6.29 Å². The summed E-state index contributed by atoms with van der Waals surface area (Å²) < 4.78 is 41.5. The van der Waals surface area contributed by atoms with Crippen LogP contribution in [0, 0.1) is 0 Å². The second-order valence-corrected chi connectivity index (χ2v) is 3.32. The summed E-state index contributed by atoms with van der Waals surface area (Å²) in [4.78, 5) is 21.5. The van der Waals surface area contributed by atoms with Crippen LogP contribution in [0.15, 0.2) is 24.3 Å². The van der Waals surface area contributed by atoms with E-state index in [1.165, 1.54) is 13.2 Å². The zero-order valence-electron chi connectivity index (χ0n) is 9.32. The van der Waals surface area contributed by atoms with Crippen LogP contribution in [0.25, 0.3) is 6.08 Å². The number of carbonyl (C=O) groups is 2. The molecule has 1 aromatic rings. The third-order valence-electron chi connectivity index (χ3n) is 2.14. The van der Waals surface area contributed by atoms with Gasteiger partial charge in [0.25, 0.3) is 0 Å². The zero-order valence-corrected chi connectivity index (χ0v) is 9.32. The van der Waals surface area contributed by atoms with Gasteiger partial charge in [-0.05, 0) is 23.8 Å². The molecule has 0 N–H and O–H groups in total. The van der Waals surface area contributed by atoms with E-state index in [0.29, 0.717) is 6.29 Å². The molecular formula is C12H9F3O3. The molecule has 0 bridgehead atoms. The fourth-order valence-electron chi connectivity index (χ4n) is 1.23. The van der Waals surface area contributed by atoms with Gasteiger partial charge in [0.2, 0.25) is 0 Å². The molecule has 0 atom stereocenters. The molecule has 0 heterocycles. The highest BCUT2D eigenvalue weighted by molar-refractivity contribution is 5.90. The monoisotopic (exact) mass is 258 g/mol. The van der Waals surface area contributed by atoms with Crippen molar-refractivity contribution in [3.63, 3.8) is 0 Å². The van der Waals surface area contributed by atoms with Gasteiger partial charge in [0.1, 0.15) is 0 Å². The van der Waals surface area contributed by atoms with Crippen LogP contribution in [0.2, 0.25) is 0 Å². The van der Waals surface area contributed by atoms with Crippen LogP contribution in [-0.4, -0.2) is 19.4 Å². The molecule has 0 amide bonds. The lowest BCUT2D eigenvalue weighted by molar-refractivity contribution is -0.137. The van der Waals surface area contributed by atoms with E-state index in [-0.39, 0.29) is 11.1 Å². The van der Waals surface area contributed by atoms with Crippen LogP contribution >= 0.6 is 0 Å². The van der Waals surface area contributed by atoms with E-state index in [0.717, 1.165) is 24.3 Å². The predicted octanol–water partition coefficient (Wildman–Crippen LogP) is 2.70. The topological polar surface area (TPSA) is 43.4 Å². The van der Waals surface area contributed by atoms with Gasteiger partial charge in [-0.2, -0.15) is 13.2 Å². The number of alkyl halides is 3. The number of ether oxygens (including phenoxy) is 1. The van der Waals surface area contributed by atoms with E-state index in [9.17, 15) is 22.8 Å². The quantitative estimate of drug-likeness (QED) is 0.475. The van der Waals surface area contributed by atoms with E-state index < -0.39 is 17.7 Å². The van der Waals surface area contributed by atoms with Gasteiger partial charge in [-0.3, -0.25) is 4.79 Å². The molecule has 0 radical (unpaired) electrons. The first-order valence-corrected chi connectivity index (χ1v) is 4.81. The van der Waals surface area contributed by atoms with Crippen LogP contribution in [0.1, 0.15) is 21.5 Å². The van der Waals surface area contributed by atoms with Crippen molar-refractivity contribution >= 4 is 18.3 Å². The lowest BCUT2D eigenvalue weighted by Gasteiger charge is -2.08. The number of aldehydes is 1. The molecule has 0 aliphatic carbocycles. The molecule has 0 saturated carbocycles. The van der Waals surface area contributed by atoms with Crippen LogP contribution in [0.3, 0.4) is 0 Å². The van der Waals surface area contributed by atoms with Gasteiger partial charge in [-0.1, -0.05) is 6.07 Å². The van der Waals surface area contributed by atoms with Crippen molar-refractivity contribution < 1.29 is 27.5 Å². The maximum atomic E-state index is 12.4. The summed E-state index contributed by atoms with van der Waals surface area (Å²) in [7, 11) is 1.17. The molecule has 1 aromatic carbocycles. The summed E-state index contributed by atoms with van der Waals surface area (Å²) in [6.07, 6.45) is -1.97. The molecule has 18 heavy (non-hydrogen) atoms. The molecule has 1 rings (SSSR count). The summed E-state index contributed by atoms with van der Waals surface area (Å²) in [6.45, 7) is 0.